The van der Waals surface area contributed by atoms with Gasteiger partial charge < -0.3 is 9.84 Å². The van der Waals surface area contributed by atoms with Gasteiger partial charge in [0.05, 0.1) is 6.10 Å². The molecule has 0 radical (unpaired) electrons. The van der Waals surface area contributed by atoms with E-state index in [0.717, 1.165) is 18.4 Å². The van der Waals surface area contributed by atoms with Crippen LogP contribution in [0, 0.1) is 5.82 Å². The molecule has 3 atom stereocenters. The van der Waals surface area contributed by atoms with Crippen LogP contribution < -0.4 is 4.74 Å². The van der Waals surface area contributed by atoms with Gasteiger partial charge in [-0.05, 0) is 29.9 Å². The highest BCUT2D eigenvalue weighted by molar-refractivity contribution is 7.94. The molecule has 0 heterocycles. The third-order valence-electron chi connectivity index (χ3n) is 3.74. The number of rotatable bonds is 3. The molecular formula is C17H18ClF2O4PS. The molecule has 142 valence electrons. The first-order valence-corrected chi connectivity index (χ1v) is 10.3. The highest BCUT2D eigenvalue weighted by Gasteiger charge is 2.37. The van der Waals surface area contributed by atoms with Crippen LogP contribution in [0.25, 0.3) is 0 Å². The fraction of sp³-hybridized carbons (Fsp3) is 0.294. The van der Waals surface area contributed by atoms with Crippen LogP contribution in [0.4, 0.5) is 8.78 Å². The van der Waals surface area contributed by atoms with Crippen molar-refractivity contribution in [3.05, 3.63) is 64.0 Å². The lowest BCUT2D eigenvalue weighted by molar-refractivity contribution is 0.0557. The minimum atomic E-state index is -3.68. The Bertz CT molecular complexity index is 874. The second-order valence-electron chi connectivity index (χ2n) is 6.07. The van der Waals surface area contributed by atoms with Crippen LogP contribution in [0.2, 0.25) is 5.02 Å². The number of benzene rings is 1. The molecule has 0 bridgehead atoms. The van der Waals surface area contributed by atoms with Crippen LogP contribution in [0.15, 0.2) is 53.2 Å². The van der Waals surface area contributed by atoms with E-state index < -0.39 is 33.6 Å². The molecule has 9 heteroatoms. The minimum absolute atomic E-state index is 0.0337. The summed E-state index contributed by atoms with van der Waals surface area (Å²) in [5.41, 5.74) is 0.160. The quantitative estimate of drug-likeness (QED) is 0.750. The predicted octanol–water partition coefficient (Wildman–Crippen LogP) is 3.92. The molecule has 1 N–H and O–H groups in total. The monoisotopic (exact) mass is 422 g/mol. The molecule has 1 aliphatic carbocycles. The summed E-state index contributed by atoms with van der Waals surface area (Å²) >= 11 is 5.79. The van der Waals surface area contributed by atoms with Crippen molar-refractivity contribution >= 4 is 30.7 Å². The van der Waals surface area contributed by atoms with E-state index in [9.17, 15) is 22.3 Å². The van der Waals surface area contributed by atoms with Crippen molar-refractivity contribution in [3.63, 3.8) is 0 Å². The number of ether oxygens (including phenoxy) is 1. The summed E-state index contributed by atoms with van der Waals surface area (Å²) in [7, 11) is -1.80. The van der Waals surface area contributed by atoms with Gasteiger partial charge in [0.2, 0.25) is 0 Å². The third-order valence-corrected chi connectivity index (χ3v) is 5.80. The summed E-state index contributed by atoms with van der Waals surface area (Å²) in [6, 6.07) is 3.52. The molecule has 0 fully saturated rings. The van der Waals surface area contributed by atoms with E-state index in [0.29, 0.717) is 0 Å². The summed E-state index contributed by atoms with van der Waals surface area (Å²) < 4.78 is 57.6. The van der Waals surface area contributed by atoms with Crippen LogP contribution in [-0.4, -0.2) is 31.3 Å². The van der Waals surface area contributed by atoms with E-state index in [2.05, 4.69) is 6.58 Å². The highest BCUT2D eigenvalue weighted by Crippen LogP contribution is 2.38. The number of halogens is 3. The van der Waals surface area contributed by atoms with Gasteiger partial charge in [0.1, 0.15) is 17.3 Å². The van der Waals surface area contributed by atoms with E-state index in [1.807, 2.05) is 9.24 Å². The van der Waals surface area contributed by atoms with E-state index in [1.165, 1.54) is 18.2 Å². The van der Waals surface area contributed by atoms with Crippen LogP contribution >= 0.6 is 20.8 Å². The lowest BCUT2D eigenvalue weighted by Gasteiger charge is -2.27. The summed E-state index contributed by atoms with van der Waals surface area (Å²) in [6.07, 6.45) is 1.16. The Kier molecular flexibility index (Phi) is 6.28. The molecule has 0 saturated carbocycles. The first-order valence-electron chi connectivity index (χ1n) is 7.47. The average molecular weight is 423 g/mol. The smallest absolute Gasteiger partial charge is 0.171 e. The Morgan fingerprint density at radius 2 is 2.04 bits per heavy atom. The molecule has 0 saturated heterocycles. The molecule has 2 unspecified atom stereocenters. The number of alkyl halides is 1. The third kappa shape index (κ3) is 5.36. The van der Waals surface area contributed by atoms with Crippen molar-refractivity contribution in [1.29, 1.82) is 0 Å². The molecule has 1 aromatic carbocycles. The predicted molar refractivity (Wildman–Crippen MR) is 101 cm³/mol. The van der Waals surface area contributed by atoms with Crippen molar-refractivity contribution in [3.8, 4) is 5.75 Å². The Morgan fingerprint density at radius 1 is 1.38 bits per heavy atom. The molecule has 1 aliphatic rings. The van der Waals surface area contributed by atoms with Gasteiger partial charge >= 0.3 is 0 Å². The van der Waals surface area contributed by atoms with E-state index in [-0.39, 0.29) is 33.4 Å². The fourth-order valence-corrected chi connectivity index (χ4v) is 3.69. The van der Waals surface area contributed by atoms with Gasteiger partial charge in [-0.3, -0.25) is 0 Å². The molecule has 0 aromatic heterocycles. The fourth-order valence-electron chi connectivity index (χ4n) is 2.34. The van der Waals surface area contributed by atoms with Crippen LogP contribution in [-0.2, 0) is 9.84 Å². The maximum absolute atomic E-state index is 14.8. The van der Waals surface area contributed by atoms with Crippen molar-refractivity contribution in [2.24, 2.45) is 0 Å². The number of aliphatic hydroxyl groups excluding tert-OH is 1. The Hall–Kier alpha value is -1.27. The molecular weight excluding hydrogens is 405 g/mol. The lowest BCUT2D eigenvalue weighted by Crippen LogP contribution is -2.33. The Morgan fingerprint density at radius 3 is 2.62 bits per heavy atom. The van der Waals surface area contributed by atoms with Gasteiger partial charge in [0.25, 0.3) is 0 Å². The normalized spacial score (nSPS) is 26.8. The molecule has 0 amide bonds. The number of hydrogen-bond donors (Lipinski definition) is 1. The topological polar surface area (TPSA) is 63.6 Å². The molecule has 0 aliphatic heterocycles. The van der Waals surface area contributed by atoms with Gasteiger partial charge in [-0.25, -0.2) is 17.2 Å². The highest BCUT2D eigenvalue weighted by atomic mass is 35.5. The van der Waals surface area contributed by atoms with Gasteiger partial charge in [-0.15, -0.1) is 0 Å². The Labute approximate surface area is 158 Å². The van der Waals surface area contributed by atoms with Crippen molar-refractivity contribution in [2.45, 2.75) is 24.4 Å². The zero-order valence-electron chi connectivity index (χ0n) is 13.9. The second kappa shape index (κ2) is 7.77. The van der Waals surface area contributed by atoms with Crippen molar-refractivity contribution < 1.29 is 27.0 Å². The first kappa shape index (κ1) is 21.0. The molecule has 0 spiro atoms. The molecule has 1 aromatic rings. The van der Waals surface area contributed by atoms with Crippen LogP contribution in [0.1, 0.15) is 12.8 Å². The summed E-state index contributed by atoms with van der Waals surface area (Å²) in [6.45, 7) is 3.73. The number of aliphatic hydroxyl groups is 1. The zero-order chi connectivity index (χ0) is 19.7. The standard InChI is InChI=1S/C17H18ClF2O4PS/c1-10-9-17(20,25)16(21)8-14(26(2,22)23)3-4-15(10)24-13-6-11(18)5-12(19)7-13/h3-7,16,21H,1,8-9,25H2,2H3/b14-3+,15-4?/t16-,17?/m0/s1. The maximum atomic E-state index is 14.8. The largest absolute Gasteiger partial charge is 0.457 e. The molecule has 2 rings (SSSR count). The summed E-state index contributed by atoms with van der Waals surface area (Å²) in [5, 5.41) is 7.98. The van der Waals surface area contributed by atoms with E-state index >= 15 is 0 Å². The Balaban J connectivity index is 2.49. The van der Waals surface area contributed by atoms with Gasteiger partial charge in [0.15, 0.2) is 15.2 Å². The second-order valence-corrected chi connectivity index (χ2v) is 9.54. The van der Waals surface area contributed by atoms with Crippen LogP contribution in [0.5, 0.6) is 5.75 Å². The SMILES string of the molecule is C=C1CC(F)(P)[C@@H](O)C/C(S(C)(=O)=O)=C\C=C1Oc1cc(F)cc(Cl)c1. The van der Waals surface area contributed by atoms with Crippen LogP contribution in [0.3, 0.4) is 0 Å². The molecule has 4 nitrogen and oxygen atoms in total. The number of hydrogen-bond acceptors (Lipinski definition) is 4. The number of sulfone groups is 1. The number of allylic oxidation sites excluding steroid dienone is 3. The molecule has 26 heavy (non-hydrogen) atoms. The van der Waals surface area contributed by atoms with Gasteiger partial charge in [0, 0.05) is 35.1 Å². The minimum Gasteiger partial charge on any atom is -0.457 e. The van der Waals surface area contributed by atoms with Crippen molar-refractivity contribution in [1.82, 2.24) is 0 Å². The summed E-state index contributed by atoms with van der Waals surface area (Å²) in [4.78, 5) is -0.164. The lowest BCUT2D eigenvalue weighted by atomic mass is 10.0. The zero-order valence-corrected chi connectivity index (χ0v) is 16.6. The van der Waals surface area contributed by atoms with Crippen molar-refractivity contribution in [2.75, 3.05) is 6.26 Å². The average Bonchev–Trinajstić information content (AvgIpc) is 2.49. The van der Waals surface area contributed by atoms with Gasteiger partial charge in [-0.2, -0.15) is 0 Å². The summed E-state index contributed by atoms with van der Waals surface area (Å²) in [5.74, 6) is -0.549. The maximum Gasteiger partial charge on any atom is 0.171 e. The van der Waals surface area contributed by atoms with Gasteiger partial charge in [-0.1, -0.05) is 27.4 Å². The first-order chi connectivity index (χ1) is 11.9. The van der Waals surface area contributed by atoms with E-state index in [4.69, 9.17) is 16.3 Å². The van der Waals surface area contributed by atoms with E-state index in [1.54, 1.807) is 0 Å².